The quantitative estimate of drug-likeness (QED) is 0.0725. The molecule has 0 aromatic rings. The third kappa shape index (κ3) is 52.4. The number of nitrogens with zero attached hydrogens (tertiary/aromatic N) is 11. The van der Waals surface area contributed by atoms with Crippen LogP contribution in [0.4, 0.5) is 0 Å². The molecule has 0 spiro atoms. The third-order valence-electron chi connectivity index (χ3n) is 14.2. The summed E-state index contributed by atoms with van der Waals surface area (Å²) < 4.78 is 10.7. The summed E-state index contributed by atoms with van der Waals surface area (Å²) in [5, 5.41) is 0. The van der Waals surface area contributed by atoms with E-state index in [1.807, 2.05) is 42.0 Å². The Morgan fingerprint density at radius 3 is 1.49 bits per heavy atom. The van der Waals surface area contributed by atoms with Gasteiger partial charge in [-0.1, -0.05) is 72.1 Å². The molecule has 13 heteroatoms. The number of hydrogen-bond donors (Lipinski definition) is 0. The minimum Gasteiger partial charge on any atom is -0.382 e. The minimum atomic E-state index is 0.00424. The molecule has 0 amide bonds. The van der Waals surface area contributed by atoms with Crippen LogP contribution in [-0.2, 0) is 9.47 Å². The van der Waals surface area contributed by atoms with Gasteiger partial charge in [0.15, 0.2) is 0 Å². The second kappa shape index (κ2) is 49.2. The molecule has 462 valence electrons. The maximum Gasteiger partial charge on any atom is 0.0938 e. The van der Waals surface area contributed by atoms with E-state index in [1.165, 1.54) is 111 Å². The molecule has 3 aliphatic heterocycles. The molecular formula is C64H139N11O2. The second-order valence-corrected chi connectivity index (χ2v) is 25.0. The van der Waals surface area contributed by atoms with Crippen molar-refractivity contribution in [2.75, 3.05) is 195 Å². The predicted molar refractivity (Wildman–Crippen MR) is 344 cm³/mol. The second-order valence-electron chi connectivity index (χ2n) is 25.0. The Kier molecular flexibility index (Phi) is 52.5. The molecule has 3 fully saturated rings. The van der Waals surface area contributed by atoms with Crippen LogP contribution in [0, 0.1) is 35.5 Å². The van der Waals surface area contributed by atoms with Gasteiger partial charge in [0.1, 0.15) is 0 Å². The van der Waals surface area contributed by atoms with E-state index in [0.717, 1.165) is 25.2 Å². The zero-order valence-electron chi connectivity index (χ0n) is 57.6. The maximum atomic E-state index is 5.63. The van der Waals surface area contributed by atoms with E-state index in [1.54, 1.807) is 7.11 Å². The van der Waals surface area contributed by atoms with E-state index < -0.39 is 0 Å². The zero-order chi connectivity index (χ0) is 60.4. The topological polar surface area (TPSA) is 53.9 Å². The van der Waals surface area contributed by atoms with Crippen LogP contribution in [0.5, 0.6) is 0 Å². The molecule has 77 heavy (non-hydrogen) atoms. The van der Waals surface area contributed by atoms with Crippen LogP contribution >= 0.6 is 0 Å². The Labute approximate surface area is 484 Å². The minimum absolute atomic E-state index is 0.00424. The van der Waals surface area contributed by atoms with E-state index in [-0.39, 0.29) is 17.7 Å². The van der Waals surface area contributed by atoms with Gasteiger partial charge in [0.2, 0.25) is 0 Å². The molecule has 2 atom stereocenters. The number of ether oxygens (including phenoxy) is 2. The Balaban J connectivity index is -0.000000405. The van der Waals surface area contributed by atoms with Gasteiger partial charge < -0.3 is 38.9 Å². The van der Waals surface area contributed by atoms with E-state index in [2.05, 4.69) is 238 Å². The Morgan fingerprint density at radius 2 is 1.12 bits per heavy atom. The molecule has 0 N–H and O–H groups in total. The number of hydrogen-bond acceptors (Lipinski definition) is 13. The predicted octanol–water partition coefficient (Wildman–Crippen LogP) is 8.95. The number of methoxy groups -OCH3 is 1. The lowest BCUT2D eigenvalue weighted by molar-refractivity contribution is -0.0435. The molecule has 3 heterocycles. The van der Waals surface area contributed by atoms with E-state index >= 15 is 0 Å². The fourth-order valence-corrected chi connectivity index (χ4v) is 7.30. The van der Waals surface area contributed by atoms with Gasteiger partial charge in [0.05, 0.1) is 30.9 Å². The molecule has 0 bridgehead atoms. The molecular weight excluding hydrogens is 955 g/mol. The van der Waals surface area contributed by atoms with Crippen LogP contribution in [0.25, 0.3) is 0 Å². The Morgan fingerprint density at radius 1 is 0.610 bits per heavy atom. The molecule has 13 nitrogen and oxygen atoms in total. The lowest BCUT2D eigenvalue weighted by atomic mass is 10.0. The van der Waals surface area contributed by atoms with E-state index in [9.17, 15) is 0 Å². The fourth-order valence-electron chi connectivity index (χ4n) is 7.30. The average molecular weight is 1090 g/mol. The molecule has 2 unspecified atom stereocenters. The lowest BCUT2D eigenvalue weighted by Gasteiger charge is -2.34. The van der Waals surface area contributed by atoms with Crippen molar-refractivity contribution in [1.82, 2.24) is 53.9 Å². The van der Waals surface area contributed by atoms with Gasteiger partial charge in [-0.2, -0.15) is 0 Å². The van der Waals surface area contributed by atoms with Gasteiger partial charge in [-0.15, -0.1) is 0 Å². The monoisotopic (exact) mass is 1090 g/mol. The molecule has 3 aliphatic rings. The summed E-state index contributed by atoms with van der Waals surface area (Å²) >= 11 is 0. The van der Waals surface area contributed by atoms with Gasteiger partial charge in [0.25, 0.3) is 0 Å². The number of rotatable bonds is 23. The molecule has 0 aliphatic carbocycles. The summed E-state index contributed by atoms with van der Waals surface area (Å²) in [6.45, 7) is 62.5. The normalized spacial score (nSPS) is 16.6. The summed E-state index contributed by atoms with van der Waals surface area (Å²) in [5.74, 6) is 13.5. The van der Waals surface area contributed by atoms with Crippen LogP contribution in [0.2, 0.25) is 0 Å². The van der Waals surface area contributed by atoms with Crippen molar-refractivity contribution in [2.45, 2.75) is 192 Å². The van der Waals surface area contributed by atoms with E-state index in [0.29, 0.717) is 36.6 Å². The van der Waals surface area contributed by atoms with Crippen molar-refractivity contribution >= 4 is 0 Å². The van der Waals surface area contributed by atoms with Crippen molar-refractivity contribution in [1.29, 1.82) is 0 Å². The first kappa shape index (κ1) is 82.1. The molecule has 0 aromatic heterocycles. The average Bonchev–Trinajstić information content (AvgIpc) is 4.06. The Hall–Kier alpha value is -1.40. The van der Waals surface area contributed by atoms with Crippen LogP contribution in [0.1, 0.15) is 144 Å². The Bertz CT molecular complexity index is 1400. The summed E-state index contributed by atoms with van der Waals surface area (Å²) in [6.07, 6.45) is 3.24. The van der Waals surface area contributed by atoms with E-state index in [4.69, 9.17) is 9.47 Å². The van der Waals surface area contributed by atoms with Crippen LogP contribution in [-0.4, -0.2) is 297 Å². The van der Waals surface area contributed by atoms with Crippen molar-refractivity contribution in [3.05, 3.63) is 0 Å². The number of likely N-dealkylation sites (tertiary alicyclic amines) is 1. The molecule has 3 saturated heterocycles. The first-order chi connectivity index (χ1) is 35.7. The zero-order valence-corrected chi connectivity index (χ0v) is 57.6. The van der Waals surface area contributed by atoms with Gasteiger partial charge in [-0.25, -0.2) is 0 Å². The highest BCUT2D eigenvalue weighted by molar-refractivity contribution is 5.15. The van der Waals surface area contributed by atoms with Crippen LogP contribution < -0.4 is 0 Å². The SMILES string of the molecule is CC(C)C#CC(C)(C)N(C)C.CC(C)C#CCN(C)C.CC(C)N(C)CCN1CC1.CC(C)N1CCN(C)CC1.CCN(CC)CCN(C)C(C)C.CCN1CCCC1CN(C)C(C)C.COCC(CN(C)C)OC(C)C. The largest absolute Gasteiger partial charge is 0.382 e. The van der Waals surface area contributed by atoms with Crippen LogP contribution in [0.15, 0.2) is 0 Å². The van der Waals surface area contributed by atoms with Gasteiger partial charge in [-0.05, 0) is 193 Å². The summed E-state index contributed by atoms with van der Waals surface area (Å²) in [7, 11) is 22.7. The maximum absolute atomic E-state index is 5.63. The third-order valence-corrected chi connectivity index (χ3v) is 14.2. The highest BCUT2D eigenvalue weighted by Crippen LogP contribution is 2.18. The summed E-state index contributed by atoms with van der Waals surface area (Å²) in [6, 6.07) is 3.59. The molecule has 0 aromatic carbocycles. The first-order valence-corrected chi connectivity index (χ1v) is 30.5. The van der Waals surface area contributed by atoms with Crippen molar-refractivity contribution in [3.63, 3.8) is 0 Å². The van der Waals surface area contributed by atoms with Gasteiger partial charge in [0, 0.05) is 128 Å². The molecule has 3 rings (SSSR count). The number of piperazine rings is 1. The number of likely N-dealkylation sites (N-methyl/N-ethyl adjacent to an activating group) is 7. The molecule has 0 radical (unpaired) electrons. The van der Waals surface area contributed by atoms with Crippen molar-refractivity contribution in [2.24, 2.45) is 11.8 Å². The van der Waals surface area contributed by atoms with Gasteiger partial charge >= 0.3 is 0 Å². The smallest absolute Gasteiger partial charge is 0.0938 e. The van der Waals surface area contributed by atoms with Crippen LogP contribution in [0.3, 0.4) is 0 Å². The van der Waals surface area contributed by atoms with Crippen molar-refractivity contribution in [3.8, 4) is 23.7 Å². The highest BCUT2D eigenvalue weighted by atomic mass is 16.5. The molecule has 0 saturated carbocycles. The first-order valence-electron chi connectivity index (χ1n) is 30.5. The fraction of sp³-hybridized carbons (Fsp3) is 0.938. The summed E-state index contributed by atoms with van der Waals surface area (Å²) in [4.78, 5) is 26.0. The standard InChI is InChI=1S/C11H24N2.C10H24N2.C10H19N.C9H21NO2.2C8H18N2.C8H15N/c1-5-13-8-6-7-11(13)9-12(4)10(2)3;1-6-12(7-2)9-8-11(5)10(3)4;1-9(2)7-8-10(3,4)11(5)6;1-8(2)12-9(7-11-5)6-10(3)4;1-8(2)10-6-4-9(3)5-7-10;1-8(2)9(3)4-5-10-6-7-10;1-8(2)6-5-7-9(3)4/h10-11H,5-9H2,1-4H3;10H,6-9H2,1-5H3;9H,1-6H3;8-9H,6-7H2,1-5H3;2*8H,4-7H2,1-3H3;8H,7H2,1-4H3. The van der Waals surface area contributed by atoms with Crippen molar-refractivity contribution < 1.29 is 9.47 Å². The lowest BCUT2D eigenvalue weighted by Crippen LogP contribution is -2.47. The highest BCUT2D eigenvalue weighted by Gasteiger charge is 2.24. The van der Waals surface area contributed by atoms with Gasteiger partial charge in [-0.3, -0.25) is 24.5 Å². The summed E-state index contributed by atoms with van der Waals surface area (Å²) in [5.41, 5.74) is 0.00424.